The molecule has 2 aromatic heterocycles. The Bertz CT molecular complexity index is 2200. The molecule has 61 heavy (non-hydrogen) atoms. The molecule has 4 aliphatic heterocycles. The molecule has 328 valence electrons. The van der Waals surface area contributed by atoms with Crippen LogP contribution in [0.2, 0.25) is 0 Å². The van der Waals surface area contributed by atoms with Crippen LogP contribution in [0.1, 0.15) is 102 Å². The number of anilines is 1. The highest BCUT2D eigenvalue weighted by Crippen LogP contribution is 2.44. The number of piperazine rings is 1. The average Bonchev–Trinajstić information content (AvgIpc) is 4.18. The summed E-state index contributed by atoms with van der Waals surface area (Å²) in [4.78, 5) is 56.2. The van der Waals surface area contributed by atoms with E-state index in [4.69, 9.17) is 19.5 Å². The van der Waals surface area contributed by atoms with E-state index in [2.05, 4.69) is 84.0 Å². The lowest BCUT2D eigenvalue weighted by molar-refractivity contribution is -0.146. The second-order valence-corrected chi connectivity index (χ2v) is 20.4. The van der Waals surface area contributed by atoms with Crippen molar-refractivity contribution < 1.29 is 23.9 Å². The van der Waals surface area contributed by atoms with Crippen molar-refractivity contribution in [3.63, 3.8) is 0 Å². The first-order chi connectivity index (χ1) is 29.4. The highest BCUT2D eigenvalue weighted by atomic mass is 32.2. The van der Waals surface area contributed by atoms with Gasteiger partial charge in [0.1, 0.15) is 17.9 Å². The van der Waals surface area contributed by atoms with Crippen LogP contribution < -0.4 is 15.6 Å². The van der Waals surface area contributed by atoms with Gasteiger partial charge in [-0.3, -0.25) is 29.5 Å². The first-order valence-corrected chi connectivity index (χ1v) is 23.7. The number of aliphatic imine (C=N–C) groups is 1. The van der Waals surface area contributed by atoms with Crippen molar-refractivity contribution in [2.45, 2.75) is 116 Å². The number of hydrazine groups is 1. The fourth-order valence-corrected chi connectivity index (χ4v) is 11.2. The van der Waals surface area contributed by atoms with E-state index in [1.165, 1.54) is 23.8 Å². The number of nitrogens with zero attached hydrogens (tertiary/aromatic N) is 6. The molecule has 2 amide bonds. The third-order valence-corrected chi connectivity index (χ3v) is 15.1. The van der Waals surface area contributed by atoms with Gasteiger partial charge in [-0.15, -0.1) is 11.8 Å². The maximum atomic E-state index is 14.3. The van der Waals surface area contributed by atoms with Gasteiger partial charge in [-0.05, 0) is 93.0 Å². The Balaban J connectivity index is 1.14. The molecule has 4 fully saturated rings. The molecule has 6 heterocycles. The van der Waals surface area contributed by atoms with E-state index in [9.17, 15) is 14.4 Å². The van der Waals surface area contributed by atoms with E-state index in [0.717, 1.165) is 96.0 Å². The number of carbonyl (C=O) groups is 3. The summed E-state index contributed by atoms with van der Waals surface area (Å²) >= 11 is 1.66. The first kappa shape index (κ1) is 42.5. The van der Waals surface area contributed by atoms with Gasteiger partial charge in [0.05, 0.1) is 53.7 Å². The number of nitrogens with one attached hydrogen (secondary N) is 2. The predicted octanol–water partition coefficient (Wildman–Crippen LogP) is 6.10. The van der Waals surface area contributed by atoms with Gasteiger partial charge in [-0.1, -0.05) is 26.8 Å². The number of aromatic nitrogens is 2. The Morgan fingerprint density at radius 2 is 1.93 bits per heavy atom. The van der Waals surface area contributed by atoms with Crippen LogP contribution in [0, 0.1) is 17.3 Å². The van der Waals surface area contributed by atoms with Gasteiger partial charge in [0.15, 0.2) is 0 Å². The number of methoxy groups -OCH3 is 1. The summed E-state index contributed by atoms with van der Waals surface area (Å²) in [6, 6.07) is 9.03. The van der Waals surface area contributed by atoms with E-state index in [-0.39, 0.29) is 41.9 Å². The number of hydrogen-bond donors (Lipinski definition) is 2. The minimum atomic E-state index is -1.07. The SMILES string of the molecule is CCn1c(-c2cc(N3CCN(C4CC4)CC3)cnc2[C@H](C)OC)c2c3cc(ccc31)C1CSC(=N1)C[C@H](NC(=O)[C@H]1C[C@@H]1C)C(=O)N1CCC[C@](C=O)(COCC(C)(C)C2)N1. The molecule has 6 atom stereocenters. The molecule has 0 spiro atoms. The van der Waals surface area contributed by atoms with E-state index in [1.54, 1.807) is 23.9 Å². The standard InChI is InChI=1S/C47H64N8O5S/c1-7-54-40-12-9-31-20-35(40)37(43(54)36-21-33(24-48-42(36)30(3)59-6)53-17-15-52(16-18-53)32-10-11-32)23-46(4,5)27-60-28-47(26-56)13-8-14-55(51-47)45(58)38(22-41-49-39(31)25-61-41)50-44(57)34-19-29(34)2/h9,12,20-21,24,26,29-30,32,34,38-39,51H,7-8,10-11,13-19,22-23,25,27-28H2,1-6H3,(H,50,57)/t29-,30-,34-,38-,39?,47-/m0/s1. The lowest BCUT2D eigenvalue weighted by Crippen LogP contribution is -2.66. The van der Waals surface area contributed by atoms with Crippen molar-refractivity contribution >= 4 is 51.5 Å². The van der Waals surface area contributed by atoms with Crippen molar-refractivity contribution in [1.29, 1.82) is 0 Å². The van der Waals surface area contributed by atoms with Gasteiger partial charge in [0.25, 0.3) is 5.91 Å². The molecule has 13 nitrogen and oxygen atoms in total. The van der Waals surface area contributed by atoms with Crippen LogP contribution >= 0.6 is 11.8 Å². The highest BCUT2D eigenvalue weighted by molar-refractivity contribution is 8.14. The predicted molar refractivity (Wildman–Crippen MR) is 241 cm³/mol. The summed E-state index contributed by atoms with van der Waals surface area (Å²) in [5, 5.41) is 6.68. The third-order valence-electron chi connectivity index (χ3n) is 14.0. The number of ether oxygens (including phenoxy) is 2. The number of fused-ring (bicyclic) bond motifs is 5. The first-order valence-electron chi connectivity index (χ1n) is 22.7. The molecule has 3 aromatic rings. The van der Waals surface area contributed by atoms with Crippen molar-refractivity contribution in [3.8, 4) is 11.3 Å². The third kappa shape index (κ3) is 8.64. The molecule has 2 aliphatic carbocycles. The maximum Gasteiger partial charge on any atom is 0.259 e. The summed E-state index contributed by atoms with van der Waals surface area (Å²) in [6.07, 6.45) is 8.37. The zero-order valence-corrected chi connectivity index (χ0v) is 37.7. The van der Waals surface area contributed by atoms with E-state index < -0.39 is 11.6 Å². The number of thioether (sulfide) groups is 1. The fraction of sp³-hybridized carbons (Fsp3) is 0.638. The molecule has 1 unspecified atom stereocenters. The minimum absolute atomic E-state index is 0.0807. The number of aldehydes is 1. The maximum absolute atomic E-state index is 14.3. The monoisotopic (exact) mass is 852 g/mol. The number of benzene rings is 1. The topological polar surface area (TPSA) is 134 Å². The molecule has 1 aromatic carbocycles. The quantitative estimate of drug-likeness (QED) is 0.244. The summed E-state index contributed by atoms with van der Waals surface area (Å²) < 4.78 is 15.0. The fourth-order valence-electron chi connectivity index (χ4n) is 10.1. The number of pyridine rings is 1. The van der Waals surface area contributed by atoms with Crippen LogP contribution in [0.15, 0.2) is 35.5 Å². The molecule has 2 saturated carbocycles. The summed E-state index contributed by atoms with van der Waals surface area (Å²) in [5.74, 6) is 0.632. The summed E-state index contributed by atoms with van der Waals surface area (Å²) in [7, 11) is 1.75. The smallest absolute Gasteiger partial charge is 0.259 e. The van der Waals surface area contributed by atoms with Crippen molar-refractivity contribution in [2.75, 3.05) is 63.7 Å². The number of rotatable bonds is 9. The summed E-state index contributed by atoms with van der Waals surface area (Å²) in [5.41, 5.74) is 9.69. The number of hydrogen-bond acceptors (Lipinski definition) is 11. The Morgan fingerprint density at radius 3 is 2.64 bits per heavy atom. The lowest BCUT2D eigenvalue weighted by Gasteiger charge is -2.41. The molecular weight excluding hydrogens is 789 g/mol. The zero-order valence-electron chi connectivity index (χ0n) is 36.9. The van der Waals surface area contributed by atoms with Crippen LogP contribution in [-0.2, 0) is 36.8 Å². The molecular formula is C47H64N8O5S. The van der Waals surface area contributed by atoms with Crippen LogP contribution in [0.25, 0.3) is 22.2 Å². The molecule has 6 aliphatic rings. The van der Waals surface area contributed by atoms with Crippen molar-refractivity contribution in [3.05, 3.63) is 47.3 Å². The van der Waals surface area contributed by atoms with Crippen LogP contribution in [0.5, 0.6) is 0 Å². The van der Waals surface area contributed by atoms with E-state index in [0.29, 0.717) is 44.8 Å². The van der Waals surface area contributed by atoms with E-state index in [1.807, 2.05) is 6.20 Å². The average molecular weight is 853 g/mol. The molecule has 9 rings (SSSR count). The lowest BCUT2D eigenvalue weighted by atomic mass is 9.84. The van der Waals surface area contributed by atoms with Crippen LogP contribution in [0.3, 0.4) is 0 Å². The van der Waals surface area contributed by atoms with Gasteiger partial charge >= 0.3 is 0 Å². The Labute approximate surface area is 364 Å². The molecule has 0 radical (unpaired) electrons. The van der Waals surface area contributed by atoms with E-state index >= 15 is 0 Å². The normalized spacial score (nSPS) is 29.0. The van der Waals surface area contributed by atoms with Gasteiger partial charge in [0, 0.05) is 87.0 Å². The largest absolute Gasteiger partial charge is 0.378 e. The Hall–Kier alpha value is -3.82. The van der Waals surface area contributed by atoms with Gasteiger partial charge in [-0.25, -0.2) is 5.43 Å². The van der Waals surface area contributed by atoms with Gasteiger partial charge < -0.3 is 29.1 Å². The van der Waals surface area contributed by atoms with Crippen molar-refractivity contribution in [1.82, 2.24) is 30.2 Å². The molecule has 6 bridgehead atoms. The van der Waals surface area contributed by atoms with Crippen molar-refractivity contribution in [2.24, 2.45) is 22.2 Å². The minimum Gasteiger partial charge on any atom is -0.378 e. The second kappa shape index (κ2) is 17.0. The van der Waals surface area contributed by atoms with Gasteiger partial charge in [0.2, 0.25) is 5.91 Å². The van der Waals surface area contributed by atoms with Crippen LogP contribution in [-0.4, -0.2) is 119 Å². The summed E-state index contributed by atoms with van der Waals surface area (Å²) in [6.45, 7) is 16.6. The molecule has 2 saturated heterocycles. The molecule has 2 N–H and O–H groups in total. The van der Waals surface area contributed by atoms with Gasteiger partial charge in [-0.2, -0.15) is 0 Å². The Kier molecular flexibility index (Phi) is 11.9. The number of aryl methyl sites for hydroxylation is 1. The molecule has 14 heteroatoms. The number of amides is 2. The highest BCUT2D eigenvalue weighted by Gasteiger charge is 2.44. The Morgan fingerprint density at radius 1 is 1.15 bits per heavy atom. The zero-order chi connectivity index (χ0) is 42.6. The van der Waals surface area contributed by atoms with Crippen LogP contribution in [0.4, 0.5) is 5.69 Å². The number of carbonyl (C=O) groups excluding carboxylic acids is 3. The second-order valence-electron chi connectivity index (χ2n) is 19.4.